The summed E-state index contributed by atoms with van der Waals surface area (Å²) in [6.45, 7) is 1.39. The highest BCUT2D eigenvalue weighted by Gasteiger charge is 2.26. The van der Waals surface area contributed by atoms with Gasteiger partial charge in [-0.15, -0.1) is 12.8 Å². The molecule has 2 unspecified atom stereocenters. The first-order valence-corrected chi connectivity index (χ1v) is 33.9. The SMILES string of the molecule is C#CC#CC#CC#CC#CC#CC#CC#CC#COC[C@H](COP(=O)(O)OCCNC(=O)NCCOP(=O)(O)OC[C@H](COC#CC#CC#CC#CC#CC#CC#CC#CC#C)NC(=O)CCCCCCCCCCCCC)NC(=O)CCCCCCCCCCCCC. The van der Waals surface area contributed by atoms with Gasteiger partial charge in [0.2, 0.25) is 11.8 Å². The Labute approximate surface area is 560 Å². The second-order valence-corrected chi connectivity index (χ2v) is 22.2. The van der Waals surface area contributed by atoms with Crippen LogP contribution in [0.3, 0.4) is 0 Å². The van der Waals surface area contributed by atoms with Crippen LogP contribution in [0.5, 0.6) is 0 Å². The Bertz CT molecular complexity index is 3410. The van der Waals surface area contributed by atoms with Gasteiger partial charge >= 0.3 is 21.7 Å². The zero-order chi connectivity index (χ0) is 68.6. The number of hydrogen-bond donors (Lipinski definition) is 6. The van der Waals surface area contributed by atoms with Crippen LogP contribution in [0, 0.1) is 215 Å². The van der Waals surface area contributed by atoms with Crippen LogP contribution >= 0.6 is 15.6 Å². The van der Waals surface area contributed by atoms with E-state index < -0.39 is 60.2 Å². The van der Waals surface area contributed by atoms with Crippen molar-refractivity contribution in [1.82, 2.24) is 21.3 Å². The topological polar surface area (TPSA) is 229 Å². The van der Waals surface area contributed by atoms with Gasteiger partial charge in [0.15, 0.2) is 0 Å². The summed E-state index contributed by atoms with van der Waals surface area (Å²) in [4.78, 5) is 59.1. The molecule has 0 heterocycles. The number of carbonyl (C=O) groups is 3. The molecule has 6 N–H and O–H groups in total. The molecule has 0 aromatic heterocycles. The zero-order valence-corrected chi connectivity index (χ0v) is 55.5. The third kappa shape index (κ3) is 63.7. The van der Waals surface area contributed by atoms with Crippen LogP contribution < -0.4 is 21.3 Å². The molecule has 0 spiro atoms. The number of unbranched alkanes of at least 4 members (excludes halogenated alkanes) is 20. The molecule has 0 fully saturated rings. The smallest absolute Gasteiger partial charge is 0.444 e. The quantitative estimate of drug-likeness (QED) is 0.0192. The number of hydrogen-bond acceptors (Lipinski definition) is 11. The molecule has 17 nitrogen and oxygen atoms in total. The molecule has 0 rings (SSSR count). The van der Waals surface area contributed by atoms with Crippen molar-refractivity contribution in [3.8, 4) is 215 Å². The fraction of sp³-hybridized carbons (Fsp3) is 0.480. The lowest BCUT2D eigenvalue weighted by Crippen LogP contribution is -2.41. The number of terminal acetylenes is 2. The van der Waals surface area contributed by atoms with Gasteiger partial charge < -0.3 is 40.5 Å². The lowest BCUT2D eigenvalue weighted by molar-refractivity contribution is -0.123. The van der Waals surface area contributed by atoms with E-state index >= 15 is 0 Å². The van der Waals surface area contributed by atoms with Crippen LogP contribution in [0.1, 0.15) is 168 Å². The van der Waals surface area contributed by atoms with Gasteiger partial charge in [0.25, 0.3) is 0 Å². The molecule has 0 bridgehead atoms. The second-order valence-electron chi connectivity index (χ2n) is 19.3. The van der Waals surface area contributed by atoms with Crippen molar-refractivity contribution < 1.29 is 60.9 Å². The zero-order valence-electron chi connectivity index (χ0n) is 53.7. The van der Waals surface area contributed by atoms with Crippen molar-refractivity contribution in [3.63, 3.8) is 0 Å². The molecule has 0 aromatic rings. The van der Waals surface area contributed by atoms with Crippen LogP contribution in [-0.4, -0.2) is 92.4 Å². The normalized spacial score (nSPS) is 10.6. The van der Waals surface area contributed by atoms with Crippen LogP contribution in [-0.2, 0) is 46.3 Å². The second kappa shape index (κ2) is 64.6. The predicted molar refractivity (Wildman–Crippen MR) is 365 cm³/mol. The van der Waals surface area contributed by atoms with E-state index in [2.05, 4.69) is 237 Å². The van der Waals surface area contributed by atoms with Crippen molar-refractivity contribution in [2.24, 2.45) is 0 Å². The van der Waals surface area contributed by atoms with E-state index in [0.717, 1.165) is 51.4 Å². The molecule has 4 amide bonds. The fourth-order valence-electron chi connectivity index (χ4n) is 7.21. The minimum Gasteiger partial charge on any atom is -0.444 e. The molecular formula is C75H80N4O13P2. The molecular weight excluding hydrogens is 1230 g/mol. The highest BCUT2D eigenvalue weighted by atomic mass is 31.2. The molecule has 94 heavy (non-hydrogen) atoms. The van der Waals surface area contributed by atoms with E-state index in [0.29, 0.717) is 12.8 Å². The van der Waals surface area contributed by atoms with Gasteiger partial charge in [0, 0.05) is 121 Å². The number of carbonyl (C=O) groups excluding carboxylic acids is 3. The number of rotatable bonds is 44. The van der Waals surface area contributed by atoms with Crippen molar-refractivity contribution in [2.45, 2.75) is 180 Å². The van der Waals surface area contributed by atoms with Crippen LogP contribution in [0.25, 0.3) is 0 Å². The fourth-order valence-corrected chi connectivity index (χ4v) is 8.74. The van der Waals surface area contributed by atoms with Crippen LogP contribution in [0.4, 0.5) is 4.79 Å². The van der Waals surface area contributed by atoms with Gasteiger partial charge in [0.1, 0.15) is 25.4 Å². The maximum Gasteiger partial charge on any atom is 0.472 e. The van der Waals surface area contributed by atoms with Gasteiger partial charge in [-0.3, -0.25) is 27.7 Å². The molecule has 0 aromatic carbocycles. The van der Waals surface area contributed by atoms with Crippen molar-refractivity contribution >= 4 is 33.5 Å². The molecule has 19 heteroatoms. The summed E-state index contributed by atoms with van der Waals surface area (Å²) < 4.78 is 56.7. The number of phosphoric acid groups is 2. The molecule has 0 aliphatic carbocycles. The third-order valence-electron chi connectivity index (χ3n) is 11.6. The summed E-state index contributed by atoms with van der Waals surface area (Å²) in [6, 6.07) is -2.63. The van der Waals surface area contributed by atoms with Crippen LogP contribution in [0.15, 0.2) is 0 Å². The Balaban J connectivity index is 5.35. The van der Waals surface area contributed by atoms with Gasteiger partial charge in [0.05, 0.1) is 38.5 Å². The average Bonchev–Trinajstić information content (AvgIpc) is 3.75. The average molecular weight is 1310 g/mol. The van der Waals surface area contributed by atoms with Gasteiger partial charge in [-0.1, -0.05) is 142 Å². The largest absolute Gasteiger partial charge is 0.472 e. The first-order chi connectivity index (χ1) is 45.9. The molecule has 0 radical (unpaired) electrons. The van der Waals surface area contributed by atoms with Crippen LogP contribution in [0.2, 0.25) is 0 Å². The summed E-state index contributed by atoms with van der Waals surface area (Å²) in [6.07, 6.45) is 39.6. The minimum atomic E-state index is -4.73. The lowest BCUT2D eigenvalue weighted by Gasteiger charge is -2.20. The summed E-state index contributed by atoms with van der Waals surface area (Å²) in [7, 11) is -9.46. The Hall–Kier alpha value is -9.89. The van der Waals surface area contributed by atoms with Gasteiger partial charge in [-0.25, -0.2) is 13.9 Å². The summed E-state index contributed by atoms with van der Waals surface area (Å²) in [5, 5.41) is 10.3. The molecule has 0 saturated carbocycles. The number of ether oxygens (including phenoxy) is 2. The Morgan fingerprint density at radius 3 is 0.862 bits per heavy atom. The van der Waals surface area contributed by atoms with E-state index in [1.54, 1.807) is 0 Å². The maximum absolute atomic E-state index is 12.9. The summed E-state index contributed by atoms with van der Waals surface area (Å²) >= 11 is 0. The first-order valence-electron chi connectivity index (χ1n) is 30.9. The molecule has 0 saturated heterocycles. The number of nitrogens with one attached hydrogen (secondary N) is 4. The number of phosphoric ester groups is 2. The predicted octanol–water partition coefficient (Wildman–Crippen LogP) is 8.19. The first kappa shape index (κ1) is 84.1. The molecule has 4 atom stereocenters. The van der Waals surface area contributed by atoms with Crippen molar-refractivity contribution in [2.75, 3.05) is 52.7 Å². The van der Waals surface area contributed by atoms with Gasteiger partial charge in [-0.2, -0.15) is 0 Å². The molecule has 0 aliphatic rings. The van der Waals surface area contributed by atoms with E-state index in [9.17, 15) is 33.3 Å². The highest BCUT2D eigenvalue weighted by molar-refractivity contribution is 7.47. The Morgan fingerprint density at radius 2 is 0.596 bits per heavy atom. The maximum atomic E-state index is 12.9. The standard InChI is InChI=1S/C75H80N4O13P2/c1-5-9-13-17-21-25-29-31-33-35-37-41-45-49-53-57-63-87-67-71(78-73(80)59-55-51-47-43-39-27-23-19-15-11-7-3)69-91-93(83,84)89-65-61-76-75(82)77-62-66-90-94(85,86)92-70-72(79-74(81)60-56-52-48-44-40-28-24-20-16-12-8-4)68-88-64-58-54-50-46-42-38-36-34-32-30-26-22-18-14-10-6-2/h1-2,71-72H,7-8,11-12,15-16,19-20,23-24,27-28,39-40,43-44,47-48,51-52,55-56,59-62,65-70H2,3-4H3,(H,78,80)(H,79,81)(H,83,84)(H,85,86)(H2,76,77,82)/t71-,72+. The third-order valence-corrected chi connectivity index (χ3v) is 13.6. The summed E-state index contributed by atoms with van der Waals surface area (Å²) in [5.41, 5.74) is 0. The molecule has 0 aliphatic heterocycles. The van der Waals surface area contributed by atoms with E-state index in [-0.39, 0.29) is 51.0 Å². The monoisotopic (exact) mass is 1310 g/mol. The van der Waals surface area contributed by atoms with Crippen molar-refractivity contribution in [1.29, 1.82) is 0 Å². The van der Waals surface area contributed by atoms with E-state index in [1.807, 2.05) is 0 Å². The minimum absolute atomic E-state index is 0.216. The Morgan fingerprint density at radius 1 is 0.351 bits per heavy atom. The highest BCUT2D eigenvalue weighted by Crippen LogP contribution is 2.43. The van der Waals surface area contributed by atoms with Gasteiger partial charge in [-0.05, 0) is 108 Å². The number of urea groups is 1. The summed E-state index contributed by atoms with van der Waals surface area (Å²) in [5.74, 6) is 77.2. The lowest BCUT2D eigenvalue weighted by atomic mass is 10.1. The van der Waals surface area contributed by atoms with E-state index in [4.69, 9.17) is 40.4 Å². The molecule has 488 valence electrons. The Kier molecular flexibility index (Phi) is 57.8. The van der Waals surface area contributed by atoms with Crippen molar-refractivity contribution in [3.05, 3.63) is 0 Å². The number of amides is 4. The van der Waals surface area contributed by atoms with E-state index in [1.165, 1.54) is 77.0 Å².